The van der Waals surface area contributed by atoms with E-state index in [1.54, 1.807) is 14.0 Å². The van der Waals surface area contributed by atoms with Crippen LogP contribution in [0.15, 0.2) is 115 Å². The molecule has 4 aromatic rings. The van der Waals surface area contributed by atoms with Gasteiger partial charge in [-0.1, -0.05) is 109 Å². The number of ether oxygens (including phenoxy) is 1. The summed E-state index contributed by atoms with van der Waals surface area (Å²) in [7, 11) is 1.66. The van der Waals surface area contributed by atoms with Crippen molar-refractivity contribution in [2.45, 2.75) is 6.92 Å². The summed E-state index contributed by atoms with van der Waals surface area (Å²) in [6, 6.07) is 39.1. The highest BCUT2D eigenvalue weighted by molar-refractivity contribution is 7.96. The highest BCUT2D eigenvalue weighted by Crippen LogP contribution is 2.48. The number of benzene rings is 4. The maximum Gasteiger partial charge on any atom is 0.161 e. The van der Waals surface area contributed by atoms with E-state index in [1.807, 2.05) is 42.5 Å². The quantitative estimate of drug-likeness (QED) is 0.416. The van der Waals surface area contributed by atoms with Gasteiger partial charge in [-0.25, -0.2) is 0 Å². The molecule has 0 N–H and O–H groups in total. The SMILES string of the molecule is COc1ccccc1C(C(C)=O)=P(c1ccccc1)(c1ccccc1)c1ccccc1. The zero-order chi connectivity index (χ0) is 21.7. The van der Waals surface area contributed by atoms with E-state index >= 15 is 0 Å². The van der Waals surface area contributed by atoms with Crippen LogP contribution < -0.4 is 20.7 Å². The van der Waals surface area contributed by atoms with Gasteiger partial charge in [0.2, 0.25) is 0 Å². The van der Waals surface area contributed by atoms with E-state index in [2.05, 4.69) is 72.8 Å². The van der Waals surface area contributed by atoms with Crippen molar-refractivity contribution in [3.05, 3.63) is 121 Å². The number of para-hydroxylation sites is 1. The summed E-state index contributed by atoms with van der Waals surface area (Å²) in [6.07, 6.45) is 0. The molecule has 0 amide bonds. The Balaban J connectivity index is 2.33. The number of hydrogen-bond donors (Lipinski definition) is 0. The molecule has 3 heteroatoms. The lowest BCUT2D eigenvalue weighted by Gasteiger charge is -2.32. The topological polar surface area (TPSA) is 26.3 Å². The Kier molecular flexibility index (Phi) is 6.21. The van der Waals surface area contributed by atoms with Gasteiger partial charge in [0.1, 0.15) is 5.75 Å². The minimum Gasteiger partial charge on any atom is -0.496 e. The Hall–Kier alpha value is -3.35. The molecule has 0 aliphatic rings. The van der Waals surface area contributed by atoms with E-state index in [4.69, 9.17) is 4.74 Å². The van der Waals surface area contributed by atoms with Crippen LogP contribution in [0, 0.1) is 0 Å². The van der Waals surface area contributed by atoms with Crippen molar-refractivity contribution in [2.24, 2.45) is 0 Å². The second kappa shape index (κ2) is 9.20. The molecular weight excluding hydrogens is 399 g/mol. The van der Waals surface area contributed by atoms with Crippen LogP contribution in [0.2, 0.25) is 0 Å². The first-order valence-electron chi connectivity index (χ1n) is 10.3. The van der Waals surface area contributed by atoms with Crippen molar-refractivity contribution in [1.29, 1.82) is 0 Å². The van der Waals surface area contributed by atoms with E-state index in [0.717, 1.165) is 26.8 Å². The van der Waals surface area contributed by atoms with Crippen molar-refractivity contribution in [1.82, 2.24) is 0 Å². The van der Waals surface area contributed by atoms with E-state index < -0.39 is 6.89 Å². The molecule has 0 atom stereocenters. The third-order valence-corrected chi connectivity index (χ3v) is 9.91. The largest absolute Gasteiger partial charge is 0.496 e. The summed E-state index contributed by atoms with van der Waals surface area (Å²) < 4.78 is 5.72. The molecule has 0 saturated heterocycles. The monoisotopic (exact) mass is 424 g/mol. The fourth-order valence-electron chi connectivity index (χ4n) is 4.24. The highest BCUT2D eigenvalue weighted by Gasteiger charge is 2.33. The molecule has 0 aliphatic heterocycles. The maximum absolute atomic E-state index is 13.5. The number of carbonyl (C=O) groups is 1. The maximum atomic E-state index is 13.5. The molecule has 2 nitrogen and oxygen atoms in total. The van der Waals surface area contributed by atoms with Gasteiger partial charge in [0.15, 0.2) is 5.78 Å². The van der Waals surface area contributed by atoms with Crippen LogP contribution in [-0.4, -0.2) is 18.2 Å². The van der Waals surface area contributed by atoms with Crippen LogP contribution >= 0.6 is 6.89 Å². The summed E-state index contributed by atoms with van der Waals surface area (Å²) in [6.45, 7) is -0.822. The van der Waals surface area contributed by atoms with Gasteiger partial charge in [-0.15, -0.1) is 0 Å². The highest BCUT2D eigenvalue weighted by atomic mass is 31.2. The fraction of sp³-hybridized carbons (Fsp3) is 0.0714. The average molecular weight is 424 g/mol. The minimum absolute atomic E-state index is 0.0504. The predicted molar refractivity (Wildman–Crippen MR) is 133 cm³/mol. The summed E-state index contributed by atoms with van der Waals surface area (Å²) >= 11 is 0. The Morgan fingerprint density at radius 2 is 1.00 bits per heavy atom. The van der Waals surface area contributed by atoms with Crippen molar-refractivity contribution >= 4 is 33.9 Å². The molecule has 0 aliphatic carbocycles. The first-order chi connectivity index (χ1) is 15.2. The van der Waals surface area contributed by atoms with Gasteiger partial charge in [0.05, 0.1) is 7.11 Å². The standard InChI is InChI=1S/C28H25O2P/c1-22(29)28(26-20-12-13-21-27(26)30-2)31(23-14-6-3-7-15-23,24-16-8-4-9-17-24)25-18-10-5-11-19-25/h3-21H,1-2H3. The van der Waals surface area contributed by atoms with Crippen molar-refractivity contribution in [2.75, 3.05) is 7.11 Å². The third kappa shape index (κ3) is 3.76. The molecule has 0 fully saturated rings. The molecule has 154 valence electrons. The first-order valence-corrected chi connectivity index (χ1v) is 12.1. The summed E-state index contributed by atoms with van der Waals surface area (Å²) in [5.74, 6) is 0.759. The van der Waals surface area contributed by atoms with Crippen LogP contribution in [0.4, 0.5) is 0 Å². The van der Waals surface area contributed by atoms with Crippen LogP contribution in [0.3, 0.4) is 0 Å². The van der Waals surface area contributed by atoms with Crippen LogP contribution in [0.5, 0.6) is 5.75 Å². The van der Waals surface area contributed by atoms with Gasteiger partial charge in [0, 0.05) is 10.9 Å². The molecule has 0 radical (unpaired) electrons. The Morgan fingerprint density at radius 3 is 1.39 bits per heavy atom. The van der Waals surface area contributed by atoms with Crippen LogP contribution in [0.1, 0.15) is 12.5 Å². The molecule has 31 heavy (non-hydrogen) atoms. The lowest BCUT2D eigenvalue weighted by Crippen LogP contribution is -2.33. The Morgan fingerprint density at radius 1 is 0.613 bits per heavy atom. The number of hydrogen-bond acceptors (Lipinski definition) is 2. The van der Waals surface area contributed by atoms with Crippen LogP contribution in [0.25, 0.3) is 0 Å². The molecule has 4 rings (SSSR count). The molecule has 0 bridgehead atoms. The van der Waals surface area contributed by atoms with Gasteiger partial charge in [0.25, 0.3) is 0 Å². The smallest absolute Gasteiger partial charge is 0.161 e. The lowest BCUT2D eigenvalue weighted by molar-refractivity contribution is -0.110. The molecule has 0 aromatic heterocycles. The number of Topliss-reactive ketones (excluding diaryl/α,β-unsaturated/α-hetero) is 1. The minimum atomic E-state index is -2.49. The van der Waals surface area contributed by atoms with E-state index in [1.165, 1.54) is 0 Å². The van der Waals surface area contributed by atoms with E-state index in [9.17, 15) is 4.79 Å². The van der Waals surface area contributed by atoms with Gasteiger partial charge in [-0.2, -0.15) is 0 Å². The first kappa shape index (κ1) is 20.9. The average Bonchev–Trinajstić information content (AvgIpc) is 2.84. The fourth-order valence-corrected chi connectivity index (χ4v) is 8.78. The summed E-state index contributed by atoms with van der Waals surface area (Å²) in [5, 5.41) is 4.23. The number of rotatable bonds is 6. The summed E-state index contributed by atoms with van der Waals surface area (Å²) in [4.78, 5) is 13.5. The van der Waals surface area contributed by atoms with Crippen molar-refractivity contribution in [3.63, 3.8) is 0 Å². The van der Waals surface area contributed by atoms with Crippen molar-refractivity contribution < 1.29 is 9.53 Å². The van der Waals surface area contributed by atoms with Gasteiger partial charge in [-0.3, -0.25) is 4.79 Å². The second-order valence-electron chi connectivity index (χ2n) is 7.28. The van der Waals surface area contributed by atoms with Crippen LogP contribution in [-0.2, 0) is 4.79 Å². The lowest BCUT2D eigenvalue weighted by atomic mass is 10.1. The van der Waals surface area contributed by atoms with Gasteiger partial charge >= 0.3 is 0 Å². The Bertz CT molecular complexity index is 1130. The summed E-state index contributed by atoms with van der Waals surface area (Å²) in [5.41, 5.74) is 0.849. The molecule has 0 unspecified atom stereocenters. The van der Waals surface area contributed by atoms with Gasteiger partial charge < -0.3 is 4.74 Å². The molecule has 0 saturated carbocycles. The predicted octanol–water partition coefficient (Wildman–Crippen LogP) is 4.80. The third-order valence-electron chi connectivity index (χ3n) is 5.46. The Labute approximate surface area is 184 Å². The van der Waals surface area contributed by atoms with E-state index in [0.29, 0.717) is 5.75 Å². The molecular formula is C28H25O2P. The zero-order valence-corrected chi connectivity index (χ0v) is 18.6. The second-order valence-corrected chi connectivity index (χ2v) is 10.6. The van der Waals surface area contributed by atoms with Gasteiger partial charge in [-0.05, 0) is 35.8 Å². The van der Waals surface area contributed by atoms with Crippen molar-refractivity contribution in [3.8, 4) is 5.75 Å². The molecule has 0 spiro atoms. The number of ketones is 1. The van der Waals surface area contributed by atoms with E-state index in [-0.39, 0.29) is 5.78 Å². The molecule has 4 aromatic carbocycles. The zero-order valence-electron chi connectivity index (χ0n) is 17.7. The normalized spacial score (nSPS) is 11.0. The molecule has 0 heterocycles. The number of methoxy groups -OCH3 is 1. The number of carbonyl (C=O) groups excluding carboxylic acids is 1.